The van der Waals surface area contributed by atoms with Crippen molar-refractivity contribution >= 4 is 5.91 Å². The summed E-state index contributed by atoms with van der Waals surface area (Å²) in [5.41, 5.74) is 1.33. The second-order valence-electron chi connectivity index (χ2n) is 6.41. The second kappa shape index (κ2) is 8.72. The zero-order chi connectivity index (χ0) is 18.4. The topological polar surface area (TPSA) is 32.3 Å². The highest BCUT2D eigenvalue weighted by atomic mass is 19.1. The summed E-state index contributed by atoms with van der Waals surface area (Å²) in [6.45, 7) is 1.94. The number of nitrogens with zero attached hydrogens (tertiary/aromatic N) is 1. The van der Waals surface area contributed by atoms with E-state index in [1.807, 2.05) is 56.3 Å². The van der Waals surface area contributed by atoms with Gasteiger partial charge in [0.2, 0.25) is 5.91 Å². The van der Waals surface area contributed by atoms with Crippen LogP contribution < -0.4 is 5.32 Å². The molecule has 3 nitrogen and oxygen atoms in total. The molecular formula is C20H24F2N2O. The molecule has 134 valence electrons. The van der Waals surface area contributed by atoms with E-state index in [9.17, 15) is 13.6 Å². The molecule has 2 rings (SSSR count). The molecule has 1 N–H and O–H groups in total. The summed E-state index contributed by atoms with van der Waals surface area (Å²) in [6.07, 6.45) is 0.278. The van der Waals surface area contributed by atoms with Gasteiger partial charge in [-0.2, -0.15) is 0 Å². The number of nitrogens with one attached hydrogen (secondary N) is 1. The molecule has 2 atom stereocenters. The summed E-state index contributed by atoms with van der Waals surface area (Å²) in [6, 6.07) is 13.1. The summed E-state index contributed by atoms with van der Waals surface area (Å²) < 4.78 is 26.8. The van der Waals surface area contributed by atoms with E-state index >= 15 is 0 Å². The number of aryl methyl sites for hydroxylation is 1. The highest BCUT2D eigenvalue weighted by Gasteiger charge is 2.22. The highest BCUT2D eigenvalue weighted by Crippen LogP contribution is 2.22. The van der Waals surface area contributed by atoms with E-state index in [1.54, 1.807) is 0 Å². The number of carbonyl (C=O) groups is 1. The van der Waals surface area contributed by atoms with Crippen LogP contribution >= 0.6 is 0 Å². The van der Waals surface area contributed by atoms with Crippen LogP contribution in [0.1, 0.15) is 30.5 Å². The molecule has 0 saturated carbocycles. The molecule has 1 amide bonds. The zero-order valence-corrected chi connectivity index (χ0v) is 14.8. The minimum absolute atomic E-state index is 0.0241. The van der Waals surface area contributed by atoms with Crippen LogP contribution in [0.2, 0.25) is 0 Å². The number of hydrogen-bond donors (Lipinski definition) is 1. The number of likely N-dealkylation sites (N-methyl/N-ethyl adjacent to an activating group) is 1. The number of rotatable bonds is 7. The summed E-state index contributed by atoms with van der Waals surface area (Å²) in [5, 5.41) is 2.97. The van der Waals surface area contributed by atoms with Crippen LogP contribution in [0.5, 0.6) is 0 Å². The largest absolute Gasteiger partial charge is 0.352 e. The summed E-state index contributed by atoms with van der Waals surface area (Å²) in [4.78, 5) is 14.3. The minimum atomic E-state index is -0.498. The first-order chi connectivity index (χ1) is 11.9. The number of halogens is 2. The maximum absolute atomic E-state index is 13.6. The van der Waals surface area contributed by atoms with Crippen molar-refractivity contribution in [3.05, 3.63) is 71.3 Å². The maximum Gasteiger partial charge on any atom is 0.220 e. The monoisotopic (exact) mass is 346 g/mol. The van der Waals surface area contributed by atoms with Crippen molar-refractivity contribution in [1.82, 2.24) is 10.2 Å². The molecule has 0 unspecified atom stereocenters. The van der Waals surface area contributed by atoms with Gasteiger partial charge in [-0.3, -0.25) is 4.79 Å². The van der Waals surface area contributed by atoms with E-state index in [4.69, 9.17) is 0 Å². The molecule has 0 spiro atoms. The van der Waals surface area contributed by atoms with Gasteiger partial charge in [-0.05, 0) is 56.8 Å². The Balaban J connectivity index is 1.97. The predicted molar refractivity (Wildman–Crippen MR) is 95.2 cm³/mol. The van der Waals surface area contributed by atoms with Crippen molar-refractivity contribution in [2.24, 2.45) is 0 Å². The van der Waals surface area contributed by atoms with Gasteiger partial charge in [0.25, 0.3) is 0 Å². The number of carbonyl (C=O) groups excluding carboxylic acids is 1. The minimum Gasteiger partial charge on any atom is -0.352 e. The van der Waals surface area contributed by atoms with E-state index in [1.165, 1.54) is 0 Å². The van der Waals surface area contributed by atoms with Crippen LogP contribution in [0.3, 0.4) is 0 Å². The van der Waals surface area contributed by atoms with Crippen LogP contribution in [0, 0.1) is 11.6 Å². The van der Waals surface area contributed by atoms with Crippen molar-refractivity contribution in [3.8, 4) is 0 Å². The molecule has 0 aromatic heterocycles. The van der Waals surface area contributed by atoms with E-state index < -0.39 is 11.6 Å². The molecule has 2 aromatic rings. The van der Waals surface area contributed by atoms with E-state index in [0.717, 1.165) is 23.8 Å². The fourth-order valence-electron chi connectivity index (χ4n) is 3.07. The van der Waals surface area contributed by atoms with Crippen molar-refractivity contribution < 1.29 is 13.6 Å². The Morgan fingerprint density at radius 2 is 1.80 bits per heavy atom. The Labute approximate surface area is 147 Å². The quantitative estimate of drug-likeness (QED) is 0.829. The van der Waals surface area contributed by atoms with Gasteiger partial charge in [0.05, 0.1) is 6.04 Å². The van der Waals surface area contributed by atoms with E-state index in [2.05, 4.69) is 5.32 Å². The predicted octanol–water partition coefficient (Wildman–Crippen LogP) is 3.71. The molecule has 2 aromatic carbocycles. The average Bonchev–Trinajstić information content (AvgIpc) is 2.56. The summed E-state index contributed by atoms with van der Waals surface area (Å²) in [7, 11) is 3.92. The molecule has 0 bridgehead atoms. The van der Waals surface area contributed by atoms with Gasteiger partial charge in [0.1, 0.15) is 11.6 Å². The lowest BCUT2D eigenvalue weighted by atomic mass is 9.99. The van der Waals surface area contributed by atoms with Gasteiger partial charge in [0, 0.05) is 12.5 Å². The molecule has 0 aliphatic rings. The first-order valence-corrected chi connectivity index (χ1v) is 8.33. The molecule has 0 fully saturated rings. The fourth-order valence-corrected chi connectivity index (χ4v) is 3.07. The SMILES string of the molecule is C[C@H](NC(=O)CCc1cc(F)ccc1F)[C@H](c1ccccc1)N(C)C. The number of benzene rings is 2. The summed E-state index contributed by atoms with van der Waals surface area (Å²) in [5.74, 6) is -1.17. The lowest BCUT2D eigenvalue weighted by Crippen LogP contribution is -2.42. The van der Waals surface area contributed by atoms with E-state index in [-0.39, 0.29) is 36.4 Å². The van der Waals surface area contributed by atoms with Crippen molar-refractivity contribution in [2.45, 2.75) is 31.8 Å². The molecular weight excluding hydrogens is 322 g/mol. The Morgan fingerprint density at radius 3 is 2.44 bits per heavy atom. The fraction of sp³-hybridized carbons (Fsp3) is 0.350. The Bertz CT molecular complexity index is 704. The lowest BCUT2D eigenvalue weighted by molar-refractivity contribution is -0.122. The van der Waals surface area contributed by atoms with Crippen LogP contribution in [0.25, 0.3) is 0 Å². The van der Waals surface area contributed by atoms with Crippen LogP contribution in [-0.4, -0.2) is 30.9 Å². The Morgan fingerprint density at radius 1 is 1.12 bits per heavy atom. The molecule has 5 heteroatoms. The third-order valence-electron chi connectivity index (χ3n) is 4.19. The first kappa shape index (κ1) is 19.1. The highest BCUT2D eigenvalue weighted by molar-refractivity contribution is 5.76. The number of amides is 1. The normalized spacial score (nSPS) is 13.5. The molecule has 25 heavy (non-hydrogen) atoms. The van der Waals surface area contributed by atoms with Gasteiger partial charge >= 0.3 is 0 Å². The van der Waals surface area contributed by atoms with Crippen LogP contribution in [0.4, 0.5) is 8.78 Å². The summed E-state index contributed by atoms with van der Waals surface area (Å²) >= 11 is 0. The van der Waals surface area contributed by atoms with Gasteiger partial charge < -0.3 is 10.2 Å². The lowest BCUT2D eigenvalue weighted by Gasteiger charge is -2.31. The molecule has 0 aliphatic carbocycles. The van der Waals surface area contributed by atoms with Gasteiger partial charge in [-0.15, -0.1) is 0 Å². The first-order valence-electron chi connectivity index (χ1n) is 8.33. The van der Waals surface area contributed by atoms with Crippen LogP contribution in [-0.2, 0) is 11.2 Å². The zero-order valence-electron chi connectivity index (χ0n) is 14.8. The smallest absolute Gasteiger partial charge is 0.220 e. The molecule has 0 radical (unpaired) electrons. The third kappa shape index (κ3) is 5.36. The Hall–Kier alpha value is -2.27. The van der Waals surface area contributed by atoms with Gasteiger partial charge in [0.15, 0.2) is 0 Å². The standard InChI is InChI=1S/C20H24F2N2O/c1-14(20(24(2)3)15-7-5-4-6-8-15)23-19(25)12-9-16-13-17(21)10-11-18(16)22/h4-8,10-11,13-14,20H,9,12H2,1-3H3,(H,23,25)/t14-,20+/m0/s1. The number of hydrogen-bond acceptors (Lipinski definition) is 2. The average molecular weight is 346 g/mol. The van der Waals surface area contributed by atoms with Gasteiger partial charge in [-0.25, -0.2) is 8.78 Å². The van der Waals surface area contributed by atoms with E-state index in [0.29, 0.717) is 0 Å². The third-order valence-corrected chi connectivity index (χ3v) is 4.19. The second-order valence-corrected chi connectivity index (χ2v) is 6.41. The maximum atomic E-state index is 13.6. The van der Waals surface area contributed by atoms with Crippen molar-refractivity contribution in [3.63, 3.8) is 0 Å². The Kier molecular flexibility index (Phi) is 6.65. The van der Waals surface area contributed by atoms with Crippen molar-refractivity contribution in [1.29, 1.82) is 0 Å². The molecule has 0 aliphatic heterocycles. The van der Waals surface area contributed by atoms with Crippen LogP contribution in [0.15, 0.2) is 48.5 Å². The molecule has 0 saturated heterocycles. The molecule has 0 heterocycles. The van der Waals surface area contributed by atoms with Gasteiger partial charge in [-0.1, -0.05) is 30.3 Å². The van der Waals surface area contributed by atoms with Crippen molar-refractivity contribution in [2.75, 3.05) is 14.1 Å².